The van der Waals surface area contributed by atoms with Crippen molar-refractivity contribution in [2.45, 2.75) is 70.6 Å². The lowest BCUT2D eigenvalue weighted by atomic mass is 10.00. The maximum Gasteiger partial charge on any atom is 0.277 e. The van der Waals surface area contributed by atoms with E-state index in [2.05, 4.69) is 32.5 Å². The summed E-state index contributed by atoms with van der Waals surface area (Å²) in [5.41, 5.74) is 3.82. The van der Waals surface area contributed by atoms with Crippen LogP contribution in [-0.4, -0.2) is 18.2 Å². The highest BCUT2D eigenvalue weighted by atomic mass is 79.9. The van der Waals surface area contributed by atoms with Gasteiger partial charge in [0.1, 0.15) is 5.75 Å². The molecule has 0 spiro atoms. The summed E-state index contributed by atoms with van der Waals surface area (Å²) in [6.07, 6.45) is 13.5. The van der Waals surface area contributed by atoms with Gasteiger partial charge in [0, 0.05) is 5.71 Å². The summed E-state index contributed by atoms with van der Waals surface area (Å²) in [5, 5.41) is 6.62. The number of hydrogen-bond donors (Lipinski definition) is 1. The van der Waals surface area contributed by atoms with Gasteiger partial charge in [0.05, 0.1) is 4.47 Å². The van der Waals surface area contributed by atoms with Crippen molar-refractivity contribution < 1.29 is 9.53 Å². The Bertz CT molecular complexity index is 821. The third-order valence-electron chi connectivity index (χ3n) is 5.46. The molecule has 2 aromatic rings. The Hall–Kier alpha value is -1.88. The Labute approximate surface area is 182 Å². The van der Waals surface area contributed by atoms with Gasteiger partial charge in [0.25, 0.3) is 5.91 Å². The molecular weight excluding hydrogens is 428 g/mol. The molecule has 1 saturated carbocycles. The zero-order valence-electron chi connectivity index (χ0n) is 17.1. The average Bonchev–Trinajstić information content (AvgIpc) is 2.73. The molecule has 1 amide bonds. The predicted octanol–water partition coefficient (Wildman–Crippen LogP) is 6.76. The molecule has 0 unspecified atom stereocenters. The highest BCUT2D eigenvalue weighted by molar-refractivity contribution is 9.10. The largest absolute Gasteiger partial charge is 0.483 e. The third kappa shape index (κ3) is 7.14. The lowest BCUT2D eigenvalue weighted by Gasteiger charge is -2.11. The van der Waals surface area contributed by atoms with Gasteiger partial charge in [-0.15, -0.1) is 0 Å². The molecule has 0 atom stereocenters. The van der Waals surface area contributed by atoms with Crippen LogP contribution in [0.4, 0.5) is 0 Å². The van der Waals surface area contributed by atoms with Crippen molar-refractivity contribution in [1.82, 2.24) is 5.43 Å². The maximum absolute atomic E-state index is 12.3. The van der Waals surface area contributed by atoms with Crippen molar-refractivity contribution in [2.24, 2.45) is 5.10 Å². The van der Waals surface area contributed by atoms with E-state index >= 15 is 0 Å². The minimum atomic E-state index is -0.219. The fourth-order valence-corrected chi connectivity index (χ4v) is 4.38. The fourth-order valence-electron chi connectivity index (χ4n) is 3.77. The average molecular weight is 459 g/mol. The minimum absolute atomic E-state index is 0.0479. The highest BCUT2D eigenvalue weighted by Gasteiger charge is 2.09. The van der Waals surface area contributed by atoms with E-state index in [9.17, 15) is 4.79 Å². The van der Waals surface area contributed by atoms with E-state index in [1.54, 1.807) is 0 Å². The zero-order chi connectivity index (χ0) is 20.3. The van der Waals surface area contributed by atoms with Gasteiger partial charge in [-0.1, -0.05) is 75.3 Å². The van der Waals surface area contributed by atoms with Crippen LogP contribution in [0.5, 0.6) is 5.75 Å². The molecule has 5 heteroatoms. The first-order valence-corrected chi connectivity index (χ1v) is 11.7. The number of amides is 1. The molecule has 0 radical (unpaired) electrons. The van der Waals surface area contributed by atoms with Crippen molar-refractivity contribution in [1.29, 1.82) is 0 Å². The van der Waals surface area contributed by atoms with Gasteiger partial charge in [-0.05, 0) is 58.5 Å². The molecule has 3 rings (SSSR count). The summed E-state index contributed by atoms with van der Waals surface area (Å²) in [5.74, 6) is 0.446. The van der Waals surface area contributed by atoms with Crippen LogP contribution in [0.15, 0.2) is 46.0 Å². The normalized spacial score (nSPS) is 16.5. The van der Waals surface area contributed by atoms with Crippen LogP contribution in [0.2, 0.25) is 0 Å². The SMILES string of the molecule is O=C(COc1ccc2ccccc2c1Br)NN=C1CCCCCCCCCCC1. The summed E-state index contributed by atoms with van der Waals surface area (Å²) < 4.78 is 6.60. The molecule has 1 fully saturated rings. The number of ether oxygens (including phenoxy) is 1. The molecule has 0 bridgehead atoms. The number of nitrogens with one attached hydrogen (secondary N) is 1. The molecule has 0 heterocycles. The number of rotatable bonds is 4. The monoisotopic (exact) mass is 458 g/mol. The summed E-state index contributed by atoms with van der Waals surface area (Å²) in [6.45, 7) is -0.0479. The molecule has 1 aliphatic carbocycles. The Morgan fingerprint density at radius 1 is 0.897 bits per heavy atom. The van der Waals surface area contributed by atoms with Crippen molar-refractivity contribution in [3.8, 4) is 5.75 Å². The molecule has 0 aliphatic heterocycles. The summed E-state index contributed by atoms with van der Waals surface area (Å²) in [6, 6.07) is 12.0. The predicted molar refractivity (Wildman–Crippen MR) is 124 cm³/mol. The van der Waals surface area contributed by atoms with E-state index in [-0.39, 0.29) is 12.5 Å². The smallest absolute Gasteiger partial charge is 0.277 e. The molecule has 1 aliphatic rings. The molecule has 0 aromatic heterocycles. The van der Waals surface area contributed by atoms with Crippen LogP contribution in [0.3, 0.4) is 0 Å². The Morgan fingerprint density at radius 2 is 1.52 bits per heavy atom. The first-order valence-electron chi connectivity index (χ1n) is 10.9. The van der Waals surface area contributed by atoms with Gasteiger partial charge in [-0.3, -0.25) is 4.79 Å². The van der Waals surface area contributed by atoms with E-state index in [0.717, 1.165) is 46.6 Å². The molecule has 4 nitrogen and oxygen atoms in total. The van der Waals surface area contributed by atoms with Crippen LogP contribution in [0, 0.1) is 0 Å². The van der Waals surface area contributed by atoms with Crippen LogP contribution >= 0.6 is 15.9 Å². The van der Waals surface area contributed by atoms with Crippen molar-refractivity contribution in [3.05, 3.63) is 40.9 Å². The lowest BCUT2D eigenvalue weighted by molar-refractivity contribution is -0.123. The zero-order valence-corrected chi connectivity index (χ0v) is 18.7. The first kappa shape index (κ1) is 21.8. The van der Waals surface area contributed by atoms with Crippen molar-refractivity contribution in [2.75, 3.05) is 6.61 Å². The van der Waals surface area contributed by atoms with E-state index in [0.29, 0.717) is 5.75 Å². The van der Waals surface area contributed by atoms with Crippen molar-refractivity contribution >= 4 is 38.3 Å². The summed E-state index contributed by atoms with van der Waals surface area (Å²) in [7, 11) is 0. The second kappa shape index (κ2) is 12.0. The first-order chi connectivity index (χ1) is 14.2. The molecule has 156 valence electrons. The van der Waals surface area contributed by atoms with Crippen LogP contribution < -0.4 is 10.2 Å². The number of carbonyl (C=O) groups is 1. The van der Waals surface area contributed by atoms with E-state index in [1.807, 2.05) is 30.3 Å². The van der Waals surface area contributed by atoms with Gasteiger partial charge in [0.15, 0.2) is 6.61 Å². The Kier molecular flexibility index (Phi) is 9.00. The summed E-state index contributed by atoms with van der Waals surface area (Å²) >= 11 is 3.59. The number of halogens is 1. The number of hydrogen-bond acceptors (Lipinski definition) is 3. The molecular formula is C24H31BrN2O2. The van der Waals surface area contributed by atoms with Crippen LogP contribution in [0.25, 0.3) is 10.8 Å². The topological polar surface area (TPSA) is 50.7 Å². The second-order valence-corrected chi connectivity index (χ2v) is 8.58. The van der Waals surface area contributed by atoms with Gasteiger partial charge in [-0.2, -0.15) is 5.10 Å². The standard InChI is InChI=1S/C24H31BrN2O2/c25-24-21-15-11-10-12-19(21)16-17-22(24)29-18-23(28)27-26-20-13-8-6-4-2-1-3-5-7-9-14-20/h10-12,15-17H,1-9,13-14,18H2,(H,27,28). The Balaban J connectivity index is 1.51. The van der Waals surface area contributed by atoms with Crippen LogP contribution in [0.1, 0.15) is 70.6 Å². The summed E-state index contributed by atoms with van der Waals surface area (Å²) in [4.78, 5) is 12.3. The highest BCUT2D eigenvalue weighted by Crippen LogP contribution is 2.32. The molecule has 29 heavy (non-hydrogen) atoms. The second-order valence-electron chi connectivity index (χ2n) is 7.78. The quantitative estimate of drug-likeness (QED) is 0.514. The minimum Gasteiger partial charge on any atom is -0.483 e. The number of benzene rings is 2. The van der Waals surface area contributed by atoms with E-state index in [1.165, 1.54) is 44.9 Å². The van der Waals surface area contributed by atoms with Crippen LogP contribution in [-0.2, 0) is 4.79 Å². The number of fused-ring (bicyclic) bond motifs is 1. The fraction of sp³-hybridized carbons (Fsp3) is 0.500. The molecule has 2 aromatic carbocycles. The number of hydrazone groups is 1. The maximum atomic E-state index is 12.3. The van der Waals surface area contributed by atoms with E-state index in [4.69, 9.17) is 4.74 Å². The number of nitrogens with zero attached hydrogens (tertiary/aromatic N) is 1. The van der Waals surface area contributed by atoms with E-state index < -0.39 is 0 Å². The lowest BCUT2D eigenvalue weighted by Crippen LogP contribution is -2.26. The Morgan fingerprint density at radius 3 is 2.21 bits per heavy atom. The third-order valence-corrected chi connectivity index (χ3v) is 6.27. The van der Waals surface area contributed by atoms with Crippen molar-refractivity contribution in [3.63, 3.8) is 0 Å². The molecule has 0 saturated heterocycles. The van der Waals surface area contributed by atoms with Gasteiger partial charge in [-0.25, -0.2) is 5.43 Å². The van der Waals surface area contributed by atoms with Gasteiger partial charge < -0.3 is 4.74 Å². The van der Waals surface area contributed by atoms with Gasteiger partial charge >= 0.3 is 0 Å². The number of carbonyl (C=O) groups excluding carboxylic acids is 1. The molecule has 1 N–H and O–H groups in total. The van der Waals surface area contributed by atoms with Gasteiger partial charge in [0.2, 0.25) is 0 Å².